The summed E-state index contributed by atoms with van der Waals surface area (Å²) in [7, 11) is 0. The van der Waals surface area contributed by atoms with Crippen molar-refractivity contribution in [2.75, 3.05) is 5.75 Å². The number of halogens is 2. The molecule has 0 saturated heterocycles. The predicted molar refractivity (Wildman–Crippen MR) is 120 cm³/mol. The van der Waals surface area contributed by atoms with E-state index in [1.165, 1.54) is 36.0 Å². The molecule has 1 aromatic heterocycles. The fourth-order valence-electron chi connectivity index (χ4n) is 3.21. The molecule has 3 aromatic carbocycles. The number of hydrogen-bond acceptors (Lipinski definition) is 4. The molecule has 5 nitrogen and oxygen atoms in total. The van der Waals surface area contributed by atoms with E-state index in [9.17, 15) is 13.6 Å². The monoisotopic (exact) mass is 450 g/mol. The summed E-state index contributed by atoms with van der Waals surface area (Å²) in [5.41, 5.74) is 2.36. The Morgan fingerprint density at radius 2 is 1.56 bits per heavy atom. The van der Waals surface area contributed by atoms with Crippen molar-refractivity contribution in [1.29, 1.82) is 0 Å². The SMILES string of the molecule is CC(NC(=O)CSc1nnc(-c2ccc(F)cc2)n1-c1ccccc1)c1ccc(F)cc1. The van der Waals surface area contributed by atoms with Crippen LogP contribution in [0.2, 0.25) is 0 Å². The van der Waals surface area contributed by atoms with E-state index in [1.54, 1.807) is 24.3 Å². The third kappa shape index (κ3) is 5.03. The smallest absolute Gasteiger partial charge is 0.230 e. The molecule has 4 rings (SSSR count). The average Bonchev–Trinajstić information content (AvgIpc) is 3.23. The van der Waals surface area contributed by atoms with Crippen LogP contribution in [0.4, 0.5) is 8.78 Å². The lowest BCUT2D eigenvalue weighted by molar-refractivity contribution is -0.119. The van der Waals surface area contributed by atoms with Gasteiger partial charge in [0.05, 0.1) is 11.8 Å². The van der Waals surface area contributed by atoms with Crippen LogP contribution in [0.1, 0.15) is 18.5 Å². The molecule has 4 aromatic rings. The van der Waals surface area contributed by atoms with Gasteiger partial charge in [-0.1, -0.05) is 42.1 Å². The first-order chi connectivity index (χ1) is 15.5. The van der Waals surface area contributed by atoms with Crippen LogP contribution < -0.4 is 5.32 Å². The molecule has 0 spiro atoms. The molecule has 1 unspecified atom stereocenters. The fraction of sp³-hybridized carbons (Fsp3) is 0.125. The number of rotatable bonds is 7. The van der Waals surface area contributed by atoms with Crippen LogP contribution in [0.15, 0.2) is 84.0 Å². The van der Waals surface area contributed by atoms with Crippen LogP contribution in [0.5, 0.6) is 0 Å². The lowest BCUT2D eigenvalue weighted by atomic mass is 10.1. The standard InChI is InChI=1S/C24H20F2N4OS/c1-16(17-7-11-19(25)12-8-17)27-22(31)15-32-24-29-28-23(18-9-13-20(26)14-10-18)30(24)21-5-3-2-4-6-21/h2-14,16H,15H2,1H3,(H,27,31). The highest BCUT2D eigenvalue weighted by molar-refractivity contribution is 7.99. The van der Waals surface area contributed by atoms with Crippen LogP contribution in [-0.2, 0) is 4.79 Å². The van der Waals surface area contributed by atoms with Crippen LogP contribution in [0, 0.1) is 11.6 Å². The van der Waals surface area contributed by atoms with Crippen molar-refractivity contribution in [3.63, 3.8) is 0 Å². The largest absolute Gasteiger partial charge is 0.349 e. The molecule has 8 heteroatoms. The summed E-state index contributed by atoms with van der Waals surface area (Å²) >= 11 is 1.25. The van der Waals surface area contributed by atoms with Gasteiger partial charge in [0.2, 0.25) is 5.91 Å². The van der Waals surface area contributed by atoms with Gasteiger partial charge in [-0.2, -0.15) is 0 Å². The average molecular weight is 451 g/mol. The van der Waals surface area contributed by atoms with E-state index in [4.69, 9.17) is 0 Å². The third-order valence-corrected chi connectivity index (χ3v) is 5.76. The molecule has 0 fully saturated rings. The number of nitrogens with one attached hydrogen (secondary N) is 1. The maximum atomic E-state index is 13.4. The van der Waals surface area contributed by atoms with Gasteiger partial charge in [-0.25, -0.2) is 8.78 Å². The van der Waals surface area contributed by atoms with E-state index >= 15 is 0 Å². The Morgan fingerprint density at radius 1 is 0.938 bits per heavy atom. The van der Waals surface area contributed by atoms with E-state index < -0.39 is 0 Å². The predicted octanol–water partition coefficient (Wildman–Crippen LogP) is 5.18. The van der Waals surface area contributed by atoms with E-state index in [-0.39, 0.29) is 29.3 Å². The Balaban J connectivity index is 1.52. The maximum absolute atomic E-state index is 13.4. The Morgan fingerprint density at radius 3 is 2.22 bits per heavy atom. The molecule has 1 amide bonds. The topological polar surface area (TPSA) is 59.8 Å². The van der Waals surface area contributed by atoms with Gasteiger partial charge >= 0.3 is 0 Å². The minimum atomic E-state index is -0.332. The van der Waals surface area contributed by atoms with Crippen LogP contribution in [0.25, 0.3) is 17.1 Å². The van der Waals surface area contributed by atoms with Crippen molar-refractivity contribution in [1.82, 2.24) is 20.1 Å². The van der Waals surface area contributed by atoms with Gasteiger partial charge in [0.25, 0.3) is 0 Å². The highest BCUT2D eigenvalue weighted by atomic mass is 32.2. The van der Waals surface area contributed by atoms with Gasteiger partial charge in [-0.15, -0.1) is 10.2 Å². The lowest BCUT2D eigenvalue weighted by Gasteiger charge is -2.14. The molecule has 0 aliphatic rings. The minimum Gasteiger partial charge on any atom is -0.349 e. The second-order valence-electron chi connectivity index (χ2n) is 7.11. The van der Waals surface area contributed by atoms with E-state index in [2.05, 4.69) is 15.5 Å². The zero-order valence-electron chi connectivity index (χ0n) is 17.2. The van der Waals surface area contributed by atoms with E-state index in [0.29, 0.717) is 16.5 Å². The lowest BCUT2D eigenvalue weighted by Crippen LogP contribution is -2.28. The molecule has 0 bridgehead atoms. The molecule has 1 atom stereocenters. The number of thioether (sulfide) groups is 1. The first kappa shape index (κ1) is 21.7. The highest BCUT2D eigenvalue weighted by Crippen LogP contribution is 2.28. The van der Waals surface area contributed by atoms with Gasteiger partial charge in [0.1, 0.15) is 11.6 Å². The number of nitrogens with zero attached hydrogens (tertiary/aromatic N) is 3. The summed E-state index contributed by atoms with van der Waals surface area (Å²) in [6.07, 6.45) is 0. The first-order valence-corrected chi connectivity index (χ1v) is 10.9. The van der Waals surface area contributed by atoms with Crippen molar-refractivity contribution >= 4 is 17.7 Å². The molecule has 32 heavy (non-hydrogen) atoms. The molecule has 0 radical (unpaired) electrons. The second-order valence-corrected chi connectivity index (χ2v) is 8.06. The molecular weight excluding hydrogens is 430 g/mol. The van der Waals surface area contributed by atoms with Gasteiger partial charge in [0.15, 0.2) is 11.0 Å². The molecule has 162 valence electrons. The normalized spacial score (nSPS) is 11.8. The zero-order valence-corrected chi connectivity index (χ0v) is 18.0. The second kappa shape index (κ2) is 9.74. The summed E-state index contributed by atoms with van der Waals surface area (Å²) in [5, 5.41) is 12.0. The quantitative estimate of drug-likeness (QED) is 0.394. The van der Waals surface area contributed by atoms with Crippen molar-refractivity contribution in [2.45, 2.75) is 18.1 Å². The Hall–Kier alpha value is -3.52. The number of carbonyl (C=O) groups excluding carboxylic acids is 1. The van der Waals surface area contributed by atoms with Crippen LogP contribution >= 0.6 is 11.8 Å². The summed E-state index contributed by atoms with van der Waals surface area (Å²) in [5.74, 6) is -0.155. The van der Waals surface area contributed by atoms with Gasteiger partial charge in [0, 0.05) is 11.3 Å². The van der Waals surface area contributed by atoms with E-state index in [0.717, 1.165) is 11.3 Å². The molecule has 0 aliphatic carbocycles. The number of aromatic nitrogens is 3. The molecular formula is C24H20F2N4OS. The number of hydrogen-bond donors (Lipinski definition) is 1. The summed E-state index contributed by atoms with van der Waals surface area (Å²) in [4.78, 5) is 12.5. The summed E-state index contributed by atoms with van der Waals surface area (Å²) in [6, 6.07) is 21.3. The number of carbonyl (C=O) groups is 1. The molecule has 0 aliphatic heterocycles. The van der Waals surface area contributed by atoms with Crippen molar-refractivity contribution in [3.8, 4) is 17.1 Å². The molecule has 0 saturated carbocycles. The van der Waals surface area contributed by atoms with Crippen molar-refractivity contribution in [2.24, 2.45) is 0 Å². The Kier molecular flexibility index (Phi) is 6.61. The third-order valence-electron chi connectivity index (χ3n) is 4.83. The zero-order chi connectivity index (χ0) is 22.5. The molecule has 1 heterocycles. The van der Waals surface area contributed by atoms with Gasteiger partial charge in [-0.05, 0) is 61.0 Å². The van der Waals surface area contributed by atoms with Crippen molar-refractivity contribution < 1.29 is 13.6 Å². The summed E-state index contributed by atoms with van der Waals surface area (Å²) in [6.45, 7) is 1.84. The Bertz CT molecular complexity index is 1200. The number of amides is 1. The van der Waals surface area contributed by atoms with Gasteiger partial charge < -0.3 is 5.32 Å². The minimum absolute atomic E-state index is 0.125. The van der Waals surface area contributed by atoms with Crippen molar-refractivity contribution in [3.05, 3.63) is 96.1 Å². The van der Waals surface area contributed by atoms with Gasteiger partial charge in [-0.3, -0.25) is 9.36 Å². The molecule has 1 N–H and O–H groups in total. The van der Waals surface area contributed by atoms with Crippen LogP contribution in [-0.4, -0.2) is 26.4 Å². The summed E-state index contributed by atoms with van der Waals surface area (Å²) < 4.78 is 28.3. The van der Waals surface area contributed by atoms with Crippen LogP contribution in [0.3, 0.4) is 0 Å². The fourth-order valence-corrected chi connectivity index (χ4v) is 3.97. The number of para-hydroxylation sites is 1. The Labute approximate surface area is 188 Å². The maximum Gasteiger partial charge on any atom is 0.230 e. The first-order valence-electron chi connectivity index (χ1n) is 9.95. The highest BCUT2D eigenvalue weighted by Gasteiger charge is 2.18. The van der Waals surface area contributed by atoms with E-state index in [1.807, 2.05) is 41.8 Å². The number of benzene rings is 3.